The highest BCUT2D eigenvalue weighted by molar-refractivity contribution is 8.13. The highest BCUT2D eigenvalue weighted by atomic mass is 32.2. The summed E-state index contributed by atoms with van der Waals surface area (Å²) in [4.78, 5) is 7.04. The molecule has 3 rings (SSSR count). The molecule has 1 aromatic heterocycles. The predicted molar refractivity (Wildman–Crippen MR) is 106 cm³/mol. The van der Waals surface area contributed by atoms with E-state index in [0.29, 0.717) is 0 Å². The fourth-order valence-electron chi connectivity index (χ4n) is 2.94. The summed E-state index contributed by atoms with van der Waals surface area (Å²) >= 11 is 1.84. The number of methoxy groups -OCH3 is 2. The summed E-state index contributed by atoms with van der Waals surface area (Å²) in [5.41, 5.74) is 1.21. The Balaban J connectivity index is 1.72. The molecule has 5 nitrogen and oxygen atoms in total. The zero-order valence-corrected chi connectivity index (χ0v) is 16.5. The molecule has 0 aliphatic carbocycles. The molecule has 1 aliphatic rings. The molecule has 0 N–H and O–H groups in total. The van der Waals surface area contributed by atoms with E-state index < -0.39 is 0 Å². The van der Waals surface area contributed by atoms with E-state index >= 15 is 0 Å². The number of furan rings is 1. The molecule has 0 radical (unpaired) electrons. The molecule has 0 saturated heterocycles. The van der Waals surface area contributed by atoms with E-state index in [-0.39, 0.29) is 0 Å². The van der Waals surface area contributed by atoms with Crippen LogP contribution in [0, 0.1) is 6.92 Å². The molecule has 0 saturated carbocycles. The van der Waals surface area contributed by atoms with Crippen LogP contribution >= 0.6 is 11.8 Å². The van der Waals surface area contributed by atoms with E-state index in [1.165, 1.54) is 5.56 Å². The quantitative estimate of drug-likeness (QED) is 0.729. The number of aliphatic imine (C=N–C) groups is 1. The lowest BCUT2D eigenvalue weighted by Crippen LogP contribution is -2.32. The summed E-state index contributed by atoms with van der Waals surface area (Å²) in [5.74, 6) is 4.57. The van der Waals surface area contributed by atoms with Crippen LogP contribution in [0.3, 0.4) is 0 Å². The number of hydrogen-bond donors (Lipinski definition) is 0. The number of rotatable bonds is 7. The molecule has 0 atom stereocenters. The maximum absolute atomic E-state index is 5.78. The van der Waals surface area contributed by atoms with Gasteiger partial charge in [-0.3, -0.25) is 4.99 Å². The zero-order chi connectivity index (χ0) is 18.4. The number of thioether (sulfide) groups is 1. The molecular weight excluding hydrogens is 348 g/mol. The summed E-state index contributed by atoms with van der Waals surface area (Å²) in [5, 5.41) is 1.12. The SMILES string of the molecule is COc1ccc(CCN(Cc2ccc(C)o2)C2=NCCCS2)cc1OC. The molecule has 6 heteroatoms. The van der Waals surface area contributed by atoms with E-state index in [4.69, 9.17) is 18.9 Å². The number of hydrogen-bond acceptors (Lipinski definition) is 6. The maximum Gasteiger partial charge on any atom is 0.160 e. The first-order valence-electron chi connectivity index (χ1n) is 8.88. The van der Waals surface area contributed by atoms with Gasteiger partial charge in [0, 0.05) is 18.8 Å². The van der Waals surface area contributed by atoms with Crippen molar-refractivity contribution in [3.63, 3.8) is 0 Å². The molecule has 1 aliphatic heterocycles. The van der Waals surface area contributed by atoms with Crippen LogP contribution in [0.2, 0.25) is 0 Å². The Morgan fingerprint density at radius 1 is 1.15 bits per heavy atom. The van der Waals surface area contributed by atoms with E-state index in [2.05, 4.69) is 11.0 Å². The van der Waals surface area contributed by atoms with Gasteiger partial charge in [0.25, 0.3) is 0 Å². The third-order valence-electron chi connectivity index (χ3n) is 4.31. The lowest BCUT2D eigenvalue weighted by molar-refractivity contribution is 0.352. The molecule has 140 valence electrons. The minimum atomic E-state index is 0.743. The Labute approximate surface area is 159 Å². The normalized spacial score (nSPS) is 14.0. The number of amidine groups is 1. The topological polar surface area (TPSA) is 47.2 Å². The van der Waals surface area contributed by atoms with Gasteiger partial charge in [0.05, 0.1) is 20.8 Å². The summed E-state index contributed by atoms with van der Waals surface area (Å²) in [6.07, 6.45) is 2.05. The van der Waals surface area contributed by atoms with Gasteiger partial charge >= 0.3 is 0 Å². The van der Waals surface area contributed by atoms with Crippen molar-refractivity contribution >= 4 is 16.9 Å². The molecular formula is C20H26N2O3S. The molecule has 26 heavy (non-hydrogen) atoms. The zero-order valence-electron chi connectivity index (χ0n) is 15.7. The van der Waals surface area contributed by atoms with Crippen LogP contribution in [0.15, 0.2) is 39.7 Å². The highest BCUT2D eigenvalue weighted by Crippen LogP contribution is 2.28. The van der Waals surface area contributed by atoms with Crippen LogP contribution in [-0.4, -0.2) is 43.1 Å². The monoisotopic (exact) mass is 374 g/mol. The Bertz CT molecular complexity index is 757. The smallest absolute Gasteiger partial charge is 0.160 e. The molecule has 0 unspecified atom stereocenters. The van der Waals surface area contributed by atoms with Gasteiger partial charge in [0.15, 0.2) is 16.7 Å². The fraction of sp³-hybridized carbons (Fsp3) is 0.450. The Hall–Kier alpha value is -2.08. The summed E-state index contributed by atoms with van der Waals surface area (Å²) in [7, 11) is 3.32. The second kappa shape index (κ2) is 9.03. The van der Waals surface area contributed by atoms with Crippen LogP contribution in [-0.2, 0) is 13.0 Å². The van der Waals surface area contributed by atoms with Crippen molar-refractivity contribution in [1.82, 2.24) is 4.90 Å². The van der Waals surface area contributed by atoms with Gasteiger partial charge in [-0.2, -0.15) is 0 Å². The molecule has 2 aromatic rings. The molecule has 0 bridgehead atoms. The van der Waals surface area contributed by atoms with E-state index in [1.54, 1.807) is 14.2 Å². The molecule has 0 amide bonds. The van der Waals surface area contributed by atoms with Crippen molar-refractivity contribution in [2.45, 2.75) is 26.3 Å². The molecule has 0 fully saturated rings. The van der Waals surface area contributed by atoms with Gasteiger partial charge in [-0.05, 0) is 49.6 Å². The van der Waals surface area contributed by atoms with Crippen molar-refractivity contribution in [2.75, 3.05) is 33.1 Å². The van der Waals surface area contributed by atoms with Crippen molar-refractivity contribution in [3.05, 3.63) is 47.4 Å². The van der Waals surface area contributed by atoms with Crippen molar-refractivity contribution in [3.8, 4) is 11.5 Å². The Kier molecular flexibility index (Phi) is 6.50. The number of nitrogens with zero attached hydrogens (tertiary/aromatic N) is 2. The van der Waals surface area contributed by atoms with Gasteiger partial charge in [-0.15, -0.1) is 0 Å². The van der Waals surface area contributed by atoms with Gasteiger partial charge in [-0.25, -0.2) is 0 Å². The van der Waals surface area contributed by atoms with Crippen LogP contribution in [0.5, 0.6) is 11.5 Å². The second-order valence-electron chi connectivity index (χ2n) is 6.24. The van der Waals surface area contributed by atoms with E-state index in [0.717, 1.165) is 66.4 Å². The van der Waals surface area contributed by atoms with Crippen molar-refractivity contribution in [2.24, 2.45) is 4.99 Å². The average molecular weight is 375 g/mol. The Morgan fingerprint density at radius 3 is 2.65 bits per heavy atom. The lowest BCUT2D eigenvalue weighted by Gasteiger charge is -2.27. The lowest BCUT2D eigenvalue weighted by atomic mass is 10.1. The first-order chi connectivity index (χ1) is 12.7. The minimum Gasteiger partial charge on any atom is -0.493 e. The third kappa shape index (κ3) is 4.75. The van der Waals surface area contributed by atoms with Gasteiger partial charge in [-0.1, -0.05) is 17.8 Å². The number of ether oxygens (including phenoxy) is 2. The van der Waals surface area contributed by atoms with Gasteiger partial charge < -0.3 is 18.8 Å². The van der Waals surface area contributed by atoms with Crippen LogP contribution < -0.4 is 9.47 Å². The summed E-state index contributed by atoms with van der Waals surface area (Å²) in [6.45, 7) is 4.50. The third-order valence-corrected chi connectivity index (χ3v) is 5.45. The first-order valence-corrected chi connectivity index (χ1v) is 9.86. The molecule has 1 aromatic carbocycles. The van der Waals surface area contributed by atoms with E-state index in [9.17, 15) is 0 Å². The second-order valence-corrected chi connectivity index (χ2v) is 7.30. The summed E-state index contributed by atoms with van der Waals surface area (Å²) in [6, 6.07) is 10.2. The van der Waals surface area contributed by atoms with Crippen molar-refractivity contribution < 1.29 is 13.9 Å². The van der Waals surface area contributed by atoms with Crippen LogP contribution in [0.25, 0.3) is 0 Å². The maximum atomic E-state index is 5.78. The van der Waals surface area contributed by atoms with Gasteiger partial charge in [0.1, 0.15) is 11.5 Å². The largest absolute Gasteiger partial charge is 0.493 e. The van der Waals surface area contributed by atoms with Gasteiger partial charge in [0.2, 0.25) is 0 Å². The number of aryl methyl sites for hydroxylation is 1. The highest BCUT2D eigenvalue weighted by Gasteiger charge is 2.17. The minimum absolute atomic E-state index is 0.743. The Morgan fingerprint density at radius 2 is 2.00 bits per heavy atom. The average Bonchev–Trinajstić information content (AvgIpc) is 3.10. The standard InChI is InChI=1S/C20H26N2O3S/c1-15-5-7-17(25-15)14-22(20-21-10-4-12-26-20)11-9-16-6-8-18(23-2)19(13-16)24-3/h5-8,13H,4,9-12,14H2,1-3H3. The summed E-state index contributed by atoms with van der Waals surface area (Å²) < 4.78 is 16.5. The van der Waals surface area contributed by atoms with Crippen molar-refractivity contribution in [1.29, 1.82) is 0 Å². The number of benzene rings is 1. The molecule has 0 spiro atoms. The predicted octanol–water partition coefficient (Wildman–Crippen LogP) is 4.14. The van der Waals surface area contributed by atoms with Crippen LogP contribution in [0.4, 0.5) is 0 Å². The molecule has 2 heterocycles. The fourth-order valence-corrected chi connectivity index (χ4v) is 3.92. The first kappa shape index (κ1) is 18.7. The van der Waals surface area contributed by atoms with Crippen LogP contribution in [0.1, 0.15) is 23.5 Å². The van der Waals surface area contributed by atoms with E-state index in [1.807, 2.05) is 43.0 Å².